The normalized spacial score (nSPS) is 22.3. The van der Waals surface area contributed by atoms with E-state index in [9.17, 15) is 9.59 Å². The summed E-state index contributed by atoms with van der Waals surface area (Å²) in [7, 11) is 0. The number of rotatable bonds is 5. The molecule has 1 amide bonds. The van der Waals surface area contributed by atoms with Crippen molar-refractivity contribution in [2.24, 2.45) is 0 Å². The molecule has 0 aromatic rings. The molecular formula is C16H29NO4S. The molecule has 0 aromatic carbocycles. The van der Waals surface area contributed by atoms with Gasteiger partial charge in [0, 0.05) is 6.54 Å². The number of hydrogen-bond donors (Lipinski definition) is 0. The molecule has 0 aromatic heterocycles. The standard InChI is InChI=1S/C16H29NO4S/c1-6-20-13(18)16(10-12-22-5)9-7-8-11-17(16)14(19)21-15(2,3)4/h6-12H2,1-5H3/t16-/m0/s1. The zero-order chi connectivity index (χ0) is 16.8. The summed E-state index contributed by atoms with van der Waals surface area (Å²) < 4.78 is 10.8. The van der Waals surface area contributed by atoms with Crippen molar-refractivity contribution in [1.29, 1.82) is 0 Å². The Hall–Kier alpha value is -0.910. The maximum atomic E-state index is 12.6. The lowest BCUT2D eigenvalue weighted by molar-refractivity contribution is -0.160. The van der Waals surface area contributed by atoms with E-state index in [4.69, 9.17) is 9.47 Å². The minimum Gasteiger partial charge on any atom is -0.464 e. The summed E-state index contributed by atoms with van der Waals surface area (Å²) >= 11 is 1.67. The van der Waals surface area contributed by atoms with Crippen molar-refractivity contribution in [2.45, 2.75) is 64.5 Å². The first-order valence-corrected chi connectivity index (χ1v) is 9.33. The first-order valence-electron chi connectivity index (χ1n) is 7.93. The predicted molar refractivity (Wildman–Crippen MR) is 89.2 cm³/mol. The number of thioether (sulfide) groups is 1. The summed E-state index contributed by atoms with van der Waals surface area (Å²) in [4.78, 5) is 26.8. The van der Waals surface area contributed by atoms with Crippen LogP contribution in [0.15, 0.2) is 0 Å². The maximum absolute atomic E-state index is 12.6. The fourth-order valence-corrected chi connectivity index (χ4v) is 3.27. The number of piperidine rings is 1. The molecule has 22 heavy (non-hydrogen) atoms. The van der Waals surface area contributed by atoms with Crippen LogP contribution in [-0.2, 0) is 14.3 Å². The van der Waals surface area contributed by atoms with Crippen molar-refractivity contribution < 1.29 is 19.1 Å². The lowest BCUT2D eigenvalue weighted by Gasteiger charge is -2.45. The monoisotopic (exact) mass is 331 g/mol. The molecule has 1 fully saturated rings. The molecule has 1 saturated heterocycles. The Bertz CT molecular complexity index is 394. The number of hydrogen-bond acceptors (Lipinski definition) is 5. The van der Waals surface area contributed by atoms with E-state index in [-0.39, 0.29) is 5.97 Å². The highest BCUT2D eigenvalue weighted by molar-refractivity contribution is 7.98. The molecule has 1 heterocycles. The van der Waals surface area contributed by atoms with Crippen LogP contribution in [0.25, 0.3) is 0 Å². The van der Waals surface area contributed by atoms with Gasteiger partial charge in [-0.05, 0) is 65.4 Å². The minimum atomic E-state index is -0.875. The Kier molecular flexibility index (Phi) is 7.03. The van der Waals surface area contributed by atoms with Crippen LogP contribution >= 0.6 is 11.8 Å². The van der Waals surface area contributed by atoms with Gasteiger partial charge in [-0.3, -0.25) is 4.90 Å². The van der Waals surface area contributed by atoms with Crippen LogP contribution in [0.1, 0.15) is 53.4 Å². The summed E-state index contributed by atoms with van der Waals surface area (Å²) in [6, 6.07) is 0. The molecule has 0 bridgehead atoms. The zero-order valence-corrected chi connectivity index (χ0v) is 15.3. The highest BCUT2D eigenvalue weighted by Gasteiger charge is 2.49. The Morgan fingerprint density at radius 3 is 2.50 bits per heavy atom. The first-order chi connectivity index (χ1) is 10.3. The van der Waals surface area contributed by atoms with Crippen LogP contribution in [-0.4, -0.2) is 53.3 Å². The van der Waals surface area contributed by atoms with Crippen LogP contribution < -0.4 is 0 Å². The van der Waals surface area contributed by atoms with Crippen LogP contribution in [0, 0.1) is 0 Å². The number of carbonyl (C=O) groups is 2. The maximum Gasteiger partial charge on any atom is 0.411 e. The van der Waals surface area contributed by atoms with Gasteiger partial charge in [-0.15, -0.1) is 0 Å². The molecule has 5 nitrogen and oxygen atoms in total. The third-order valence-electron chi connectivity index (χ3n) is 3.73. The molecule has 0 radical (unpaired) electrons. The van der Waals surface area contributed by atoms with Crippen molar-refractivity contribution >= 4 is 23.8 Å². The highest BCUT2D eigenvalue weighted by Crippen LogP contribution is 2.35. The molecule has 0 spiro atoms. The Morgan fingerprint density at radius 2 is 1.95 bits per heavy atom. The lowest BCUT2D eigenvalue weighted by Crippen LogP contribution is -2.61. The Balaban J connectivity index is 3.05. The van der Waals surface area contributed by atoms with Gasteiger partial charge in [-0.1, -0.05) is 0 Å². The third-order valence-corrected chi connectivity index (χ3v) is 4.34. The number of amides is 1. The Labute approximate surface area is 138 Å². The van der Waals surface area contributed by atoms with Crippen molar-refractivity contribution in [3.8, 4) is 0 Å². The summed E-state index contributed by atoms with van der Waals surface area (Å²) in [5.74, 6) is 0.507. The lowest BCUT2D eigenvalue weighted by atomic mass is 9.84. The molecular weight excluding hydrogens is 302 g/mol. The molecule has 1 aliphatic heterocycles. The summed E-state index contributed by atoms with van der Waals surface area (Å²) in [6.07, 6.45) is 4.64. The van der Waals surface area contributed by atoms with E-state index in [0.717, 1.165) is 18.6 Å². The van der Waals surface area contributed by atoms with Crippen LogP contribution in [0.3, 0.4) is 0 Å². The average molecular weight is 331 g/mol. The molecule has 128 valence electrons. The van der Waals surface area contributed by atoms with Crippen molar-refractivity contribution in [1.82, 2.24) is 4.90 Å². The highest BCUT2D eigenvalue weighted by atomic mass is 32.2. The molecule has 0 N–H and O–H groups in total. The van der Waals surface area contributed by atoms with Crippen LogP contribution in [0.5, 0.6) is 0 Å². The minimum absolute atomic E-state index is 0.297. The van der Waals surface area contributed by atoms with Gasteiger partial charge in [0.15, 0.2) is 0 Å². The molecule has 1 atom stereocenters. The van der Waals surface area contributed by atoms with E-state index in [1.807, 2.05) is 27.0 Å². The van der Waals surface area contributed by atoms with E-state index in [2.05, 4.69) is 0 Å². The van der Waals surface area contributed by atoms with E-state index >= 15 is 0 Å². The second-order valence-corrected chi connectivity index (χ2v) is 7.57. The van der Waals surface area contributed by atoms with Gasteiger partial charge in [-0.25, -0.2) is 9.59 Å². The SMILES string of the molecule is CCOC(=O)[C@@]1(CCSC)CCCCN1C(=O)OC(C)(C)C. The van der Waals surface area contributed by atoms with Gasteiger partial charge in [0.1, 0.15) is 11.1 Å². The van der Waals surface area contributed by atoms with Gasteiger partial charge in [0.2, 0.25) is 0 Å². The van der Waals surface area contributed by atoms with E-state index in [1.165, 1.54) is 0 Å². The molecule has 6 heteroatoms. The fraction of sp³-hybridized carbons (Fsp3) is 0.875. The Morgan fingerprint density at radius 1 is 1.27 bits per heavy atom. The molecule has 0 unspecified atom stereocenters. The number of nitrogens with zero attached hydrogens (tertiary/aromatic N) is 1. The van der Waals surface area contributed by atoms with Gasteiger partial charge in [-0.2, -0.15) is 11.8 Å². The quantitative estimate of drug-likeness (QED) is 0.722. The molecule has 0 aliphatic carbocycles. The van der Waals surface area contributed by atoms with E-state index < -0.39 is 17.2 Å². The number of esters is 1. The largest absolute Gasteiger partial charge is 0.464 e. The zero-order valence-electron chi connectivity index (χ0n) is 14.4. The summed E-state index contributed by atoms with van der Waals surface area (Å²) in [5, 5.41) is 0. The molecule has 1 aliphatic rings. The first kappa shape index (κ1) is 19.1. The van der Waals surface area contributed by atoms with Gasteiger partial charge < -0.3 is 9.47 Å². The van der Waals surface area contributed by atoms with E-state index in [1.54, 1.807) is 23.6 Å². The van der Waals surface area contributed by atoms with Crippen molar-refractivity contribution in [3.63, 3.8) is 0 Å². The smallest absolute Gasteiger partial charge is 0.411 e. The van der Waals surface area contributed by atoms with Crippen molar-refractivity contribution in [2.75, 3.05) is 25.2 Å². The molecule has 1 rings (SSSR count). The van der Waals surface area contributed by atoms with Gasteiger partial charge in [0.05, 0.1) is 6.61 Å². The van der Waals surface area contributed by atoms with E-state index in [0.29, 0.717) is 26.0 Å². The summed E-state index contributed by atoms with van der Waals surface area (Å²) in [6.45, 7) is 8.17. The van der Waals surface area contributed by atoms with Gasteiger partial charge >= 0.3 is 12.1 Å². The number of ether oxygens (including phenoxy) is 2. The second kappa shape index (κ2) is 8.09. The molecule has 0 saturated carbocycles. The topological polar surface area (TPSA) is 55.8 Å². The van der Waals surface area contributed by atoms with Crippen LogP contribution in [0.4, 0.5) is 4.79 Å². The summed E-state index contributed by atoms with van der Waals surface area (Å²) in [5.41, 5.74) is -1.45. The predicted octanol–water partition coefficient (Wildman–Crippen LogP) is 3.46. The van der Waals surface area contributed by atoms with Crippen molar-refractivity contribution in [3.05, 3.63) is 0 Å². The average Bonchev–Trinajstić information content (AvgIpc) is 2.43. The van der Waals surface area contributed by atoms with Gasteiger partial charge in [0.25, 0.3) is 0 Å². The number of carbonyl (C=O) groups excluding carboxylic acids is 2. The second-order valence-electron chi connectivity index (χ2n) is 6.58. The number of likely N-dealkylation sites (tertiary alicyclic amines) is 1. The fourth-order valence-electron chi connectivity index (χ4n) is 2.73. The third kappa shape index (κ3) is 4.80. The van der Waals surface area contributed by atoms with Crippen LogP contribution in [0.2, 0.25) is 0 Å².